The molecule has 2 heterocycles. The lowest BCUT2D eigenvalue weighted by Crippen LogP contribution is -2.21. The molecule has 0 N–H and O–H groups in total. The zero-order valence-corrected chi connectivity index (χ0v) is 16.4. The highest BCUT2D eigenvalue weighted by Crippen LogP contribution is 2.33. The molecule has 1 aromatic carbocycles. The highest BCUT2D eigenvalue weighted by Gasteiger charge is 2.21. The Bertz CT molecular complexity index is 1100. The molecule has 0 saturated heterocycles. The van der Waals surface area contributed by atoms with Crippen LogP contribution < -0.4 is 15.0 Å². The third-order valence-electron chi connectivity index (χ3n) is 4.88. The van der Waals surface area contributed by atoms with Crippen LogP contribution in [-0.2, 0) is 12.8 Å². The van der Waals surface area contributed by atoms with Gasteiger partial charge in [0.2, 0.25) is 0 Å². The summed E-state index contributed by atoms with van der Waals surface area (Å²) in [6.07, 6.45) is 5.90. The number of aromatic nitrogens is 2. The first-order valence-electron chi connectivity index (χ1n) is 8.92. The van der Waals surface area contributed by atoms with Crippen molar-refractivity contribution in [2.24, 2.45) is 5.10 Å². The van der Waals surface area contributed by atoms with Crippen molar-refractivity contribution in [3.8, 4) is 11.5 Å². The van der Waals surface area contributed by atoms with Crippen LogP contribution in [-0.4, -0.2) is 30.1 Å². The highest BCUT2D eigenvalue weighted by atomic mass is 32.1. The molecule has 0 saturated carbocycles. The minimum Gasteiger partial charge on any atom is -0.497 e. The SMILES string of the molecule is COc1ccc(OC)c(/C=N/n2c(C)nc3sc4c(c3c2=O)CCCC4)c1. The average molecular weight is 383 g/mol. The summed E-state index contributed by atoms with van der Waals surface area (Å²) in [6, 6.07) is 5.45. The minimum atomic E-state index is -0.102. The van der Waals surface area contributed by atoms with Gasteiger partial charge in [0.1, 0.15) is 22.2 Å². The molecule has 4 rings (SSSR count). The molecule has 27 heavy (non-hydrogen) atoms. The fourth-order valence-corrected chi connectivity index (χ4v) is 4.79. The molecule has 2 aromatic heterocycles. The summed E-state index contributed by atoms with van der Waals surface area (Å²) in [6.45, 7) is 1.81. The molecule has 0 amide bonds. The molecule has 0 unspecified atom stereocenters. The van der Waals surface area contributed by atoms with Crippen molar-refractivity contribution in [2.75, 3.05) is 14.2 Å². The monoisotopic (exact) mass is 383 g/mol. The van der Waals surface area contributed by atoms with Gasteiger partial charge in [0, 0.05) is 10.4 Å². The lowest BCUT2D eigenvalue weighted by Gasteiger charge is -2.10. The summed E-state index contributed by atoms with van der Waals surface area (Å²) in [4.78, 5) is 19.9. The maximum absolute atomic E-state index is 13.1. The zero-order chi connectivity index (χ0) is 19.0. The van der Waals surface area contributed by atoms with E-state index >= 15 is 0 Å². The predicted molar refractivity (Wildman–Crippen MR) is 108 cm³/mol. The predicted octanol–water partition coefficient (Wildman–Crippen LogP) is 3.54. The van der Waals surface area contributed by atoms with Crippen molar-refractivity contribution < 1.29 is 9.47 Å². The van der Waals surface area contributed by atoms with Crippen molar-refractivity contribution in [3.05, 3.63) is 50.4 Å². The summed E-state index contributed by atoms with van der Waals surface area (Å²) in [5.74, 6) is 1.93. The molecule has 140 valence electrons. The quantitative estimate of drug-likeness (QED) is 0.647. The molecule has 1 aliphatic rings. The van der Waals surface area contributed by atoms with Crippen LogP contribution in [0.2, 0.25) is 0 Å². The maximum Gasteiger partial charge on any atom is 0.283 e. The number of hydrogen-bond donors (Lipinski definition) is 0. The molecule has 0 aliphatic heterocycles. The number of nitrogens with zero attached hydrogens (tertiary/aromatic N) is 3. The molecular weight excluding hydrogens is 362 g/mol. The molecule has 0 fully saturated rings. The molecule has 3 aromatic rings. The van der Waals surface area contributed by atoms with Gasteiger partial charge in [0.05, 0.1) is 25.8 Å². The van der Waals surface area contributed by atoms with Crippen LogP contribution in [0, 0.1) is 6.92 Å². The van der Waals surface area contributed by atoms with E-state index in [1.54, 1.807) is 38.7 Å². The van der Waals surface area contributed by atoms with Gasteiger partial charge in [-0.2, -0.15) is 9.78 Å². The lowest BCUT2D eigenvalue weighted by atomic mass is 9.97. The van der Waals surface area contributed by atoms with Gasteiger partial charge in [0.15, 0.2) is 0 Å². The van der Waals surface area contributed by atoms with Gasteiger partial charge in [-0.25, -0.2) is 4.98 Å². The van der Waals surface area contributed by atoms with Crippen LogP contribution >= 0.6 is 11.3 Å². The van der Waals surface area contributed by atoms with Gasteiger partial charge < -0.3 is 9.47 Å². The van der Waals surface area contributed by atoms with Crippen LogP contribution in [0.3, 0.4) is 0 Å². The standard InChI is InChI=1S/C20H21N3O3S/c1-12-22-19-18(15-6-4-5-7-17(15)27-19)20(24)23(12)21-11-13-10-14(25-2)8-9-16(13)26-3/h8-11H,4-7H2,1-3H3/b21-11+. The Morgan fingerprint density at radius 2 is 2.04 bits per heavy atom. The number of thiophene rings is 1. The van der Waals surface area contributed by atoms with E-state index in [1.165, 1.54) is 21.5 Å². The zero-order valence-electron chi connectivity index (χ0n) is 15.6. The van der Waals surface area contributed by atoms with E-state index in [2.05, 4.69) is 10.1 Å². The van der Waals surface area contributed by atoms with E-state index in [4.69, 9.17) is 9.47 Å². The summed E-state index contributed by atoms with van der Waals surface area (Å²) >= 11 is 1.65. The number of aryl methyl sites for hydroxylation is 3. The first-order valence-corrected chi connectivity index (χ1v) is 9.74. The van der Waals surface area contributed by atoms with Crippen molar-refractivity contribution in [1.29, 1.82) is 0 Å². The Morgan fingerprint density at radius 3 is 2.81 bits per heavy atom. The van der Waals surface area contributed by atoms with Crippen LogP contribution in [0.25, 0.3) is 10.2 Å². The molecular formula is C20H21N3O3S. The van der Waals surface area contributed by atoms with E-state index in [0.717, 1.165) is 35.0 Å². The Hall–Kier alpha value is -2.67. The minimum absolute atomic E-state index is 0.102. The molecule has 6 nitrogen and oxygen atoms in total. The smallest absolute Gasteiger partial charge is 0.283 e. The second-order valence-corrected chi connectivity index (χ2v) is 7.60. The molecule has 0 atom stereocenters. The van der Waals surface area contributed by atoms with Gasteiger partial charge in [-0.15, -0.1) is 11.3 Å². The van der Waals surface area contributed by atoms with Gasteiger partial charge in [-0.3, -0.25) is 4.79 Å². The summed E-state index contributed by atoms with van der Waals surface area (Å²) < 4.78 is 12.0. The van der Waals surface area contributed by atoms with Crippen LogP contribution in [0.15, 0.2) is 28.1 Å². The Kier molecular flexibility index (Phi) is 4.70. The fraction of sp³-hybridized carbons (Fsp3) is 0.350. The van der Waals surface area contributed by atoms with Crippen LogP contribution in [0.4, 0.5) is 0 Å². The van der Waals surface area contributed by atoms with Crippen LogP contribution in [0.5, 0.6) is 11.5 Å². The summed E-state index contributed by atoms with van der Waals surface area (Å²) in [5, 5.41) is 5.16. The maximum atomic E-state index is 13.1. The lowest BCUT2D eigenvalue weighted by molar-refractivity contribution is 0.402. The number of benzene rings is 1. The number of fused-ring (bicyclic) bond motifs is 3. The Balaban J connectivity index is 1.83. The summed E-state index contributed by atoms with van der Waals surface area (Å²) in [7, 11) is 3.21. The van der Waals surface area contributed by atoms with E-state index in [-0.39, 0.29) is 5.56 Å². The topological polar surface area (TPSA) is 65.7 Å². The number of rotatable bonds is 4. The highest BCUT2D eigenvalue weighted by molar-refractivity contribution is 7.18. The second kappa shape index (κ2) is 7.15. The normalized spacial score (nSPS) is 13.9. The average Bonchev–Trinajstić information content (AvgIpc) is 3.05. The third-order valence-corrected chi connectivity index (χ3v) is 6.06. The number of methoxy groups -OCH3 is 2. The Morgan fingerprint density at radius 1 is 1.22 bits per heavy atom. The van der Waals surface area contributed by atoms with Crippen molar-refractivity contribution in [3.63, 3.8) is 0 Å². The van der Waals surface area contributed by atoms with E-state index in [9.17, 15) is 4.79 Å². The molecule has 0 spiro atoms. The summed E-state index contributed by atoms with van der Waals surface area (Å²) in [5.41, 5.74) is 1.80. The largest absolute Gasteiger partial charge is 0.497 e. The number of ether oxygens (including phenoxy) is 2. The molecule has 0 bridgehead atoms. The van der Waals surface area contributed by atoms with Gasteiger partial charge in [0.25, 0.3) is 5.56 Å². The van der Waals surface area contributed by atoms with Crippen molar-refractivity contribution in [2.45, 2.75) is 32.6 Å². The third kappa shape index (κ3) is 3.12. The van der Waals surface area contributed by atoms with Gasteiger partial charge in [-0.1, -0.05) is 0 Å². The molecule has 7 heteroatoms. The van der Waals surface area contributed by atoms with Gasteiger partial charge in [-0.05, 0) is 56.4 Å². The van der Waals surface area contributed by atoms with E-state index in [1.807, 2.05) is 18.2 Å². The fourth-order valence-electron chi connectivity index (χ4n) is 3.49. The van der Waals surface area contributed by atoms with Crippen LogP contribution in [0.1, 0.15) is 34.7 Å². The Labute approximate surface area is 161 Å². The van der Waals surface area contributed by atoms with Crippen molar-refractivity contribution >= 4 is 27.8 Å². The van der Waals surface area contributed by atoms with Gasteiger partial charge >= 0.3 is 0 Å². The first kappa shape index (κ1) is 17.7. The number of hydrogen-bond acceptors (Lipinski definition) is 6. The van der Waals surface area contributed by atoms with Crippen molar-refractivity contribution in [1.82, 2.24) is 9.66 Å². The molecule has 1 aliphatic carbocycles. The first-order chi connectivity index (χ1) is 13.1. The van der Waals surface area contributed by atoms with E-state index in [0.29, 0.717) is 17.3 Å². The van der Waals surface area contributed by atoms with E-state index < -0.39 is 0 Å². The molecule has 0 radical (unpaired) electrons. The second-order valence-electron chi connectivity index (χ2n) is 6.52.